The summed E-state index contributed by atoms with van der Waals surface area (Å²) in [7, 11) is 0. The zero-order valence-corrected chi connectivity index (χ0v) is 10.4. The second kappa shape index (κ2) is 5.19. The Hall–Kier alpha value is -0.870. The molecule has 1 aromatic heterocycles. The summed E-state index contributed by atoms with van der Waals surface area (Å²) in [6, 6.07) is 0. The Balaban J connectivity index is 1.69. The number of aromatic amines is 1. The van der Waals surface area contributed by atoms with Gasteiger partial charge in [0.2, 0.25) is 0 Å². The minimum absolute atomic E-state index is 0.642. The minimum atomic E-state index is 0.642. The van der Waals surface area contributed by atoms with Crippen molar-refractivity contribution in [1.29, 1.82) is 0 Å². The average molecular weight is 234 g/mol. The lowest BCUT2D eigenvalue weighted by molar-refractivity contribution is 0.328. The summed E-state index contributed by atoms with van der Waals surface area (Å²) in [4.78, 5) is 2.55. The predicted octanol–water partition coefficient (Wildman–Crippen LogP) is 1.47. The van der Waals surface area contributed by atoms with Crippen molar-refractivity contribution in [3.05, 3.63) is 17.5 Å². The van der Waals surface area contributed by atoms with Crippen molar-refractivity contribution in [3.63, 3.8) is 0 Å². The highest BCUT2D eigenvalue weighted by Crippen LogP contribution is 2.25. The highest BCUT2D eigenvalue weighted by atomic mass is 15.2. The third-order valence-corrected chi connectivity index (χ3v) is 4.05. The number of aromatic nitrogens is 2. The summed E-state index contributed by atoms with van der Waals surface area (Å²) in [6.45, 7) is 5.88. The number of nitrogens with one attached hydrogen (secondary N) is 2. The van der Waals surface area contributed by atoms with E-state index >= 15 is 0 Å². The van der Waals surface area contributed by atoms with Gasteiger partial charge >= 0.3 is 0 Å². The van der Waals surface area contributed by atoms with Crippen LogP contribution in [0.15, 0.2) is 6.20 Å². The van der Waals surface area contributed by atoms with Crippen molar-refractivity contribution in [2.24, 2.45) is 0 Å². The van der Waals surface area contributed by atoms with E-state index in [0.29, 0.717) is 5.92 Å². The Bertz CT molecular complexity index is 348. The third-order valence-electron chi connectivity index (χ3n) is 4.05. The number of likely N-dealkylation sites (tertiary alicyclic amines) is 1. The Morgan fingerprint density at radius 3 is 2.94 bits per heavy atom. The molecule has 94 valence electrons. The van der Waals surface area contributed by atoms with Gasteiger partial charge < -0.3 is 5.32 Å². The SMILES string of the molecule is c1n[nH]c([C@H]2CCCNC2)c1CN1CCCC1. The van der Waals surface area contributed by atoms with Crippen LogP contribution in [0.1, 0.15) is 42.9 Å². The number of rotatable bonds is 3. The van der Waals surface area contributed by atoms with E-state index in [9.17, 15) is 0 Å². The summed E-state index contributed by atoms with van der Waals surface area (Å²) in [5.41, 5.74) is 2.80. The van der Waals surface area contributed by atoms with Crippen LogP contribution >= 0.6 is 0 Å². The van der Waals surface area contributed by atoms with Gasteiger partial charge in [-0.15, -0.1) is 0 Å². The molecule has 2 fully saturated rings. The number of hydrogen-bond donors (Lipinski definition) is 2. The number of nitrogens with zero attached hydrogens (tertiary/aromatic N) is 2. The van der Waals surface area contributed by atoms with Gasteiger partial charge in [0.05, 0.1) is 6.20 Å². The maximum atomic E-state index is 4.26. The maximum absolute atomic E-state index is 4.26. The normalized spacial score (nSPS) is 26.5. The molecular formula is C13H22N4. The average Bonchev–Trinajstić information content (AvgIpc) is 3.02. The summed E-state index contributed by atoms with van der Waals surface area (Å²) >= 11 is 0. The fraction of sp³-hybridized carbons (Fsp3) is 0.769. The van der Waals surface area contributed by atoms with Gasteiger partial charge in [-0.05, 0) is 45.3 Å². The Labute approximate surface area is 103 Å². The molecule has 2 N–H and O–H groups in total. The van der Waals surface area contributed by atoms with Crippen LogP contribution in [-0.2, 0) is 6.54 Å². The molecule has 2 aliphatic heterocycles. The van der Waals surface area contributed by atoms with Crippen molar-refractivity contribution in [1.82, 2.24) is 20.4 Å². The molecule has 3 rings (SSSR count). The zero-order valence-electron chi connectivity index (χ0n) is 10.4. The van der Waals surface area contributed by atoms with Gasteiger partial charge in [0.25, 0.3) is 0 Å². The second-order valence-corrected chi connectivity index (χ2v) is 5.34. The van der Waals surface area contributed by atoms with Gasteiger partial charge in [-0.2, -0.15) is 5.10 Å². The molecular weight excluding hydrogens is 212 g/mol. The smallest absolute Gasteiger partial charge is 0.0535 e. The van der Waals surface area contributed by atoms with Crippen LogP contribution in [0.4, 0.5) is 0 Å². The first-order valence-electron chi connectivity index (χ1n) is 6.88. The molecule has 0 aliphatic carbocycles. The predicted molar refractivity (Wildman–Crippen MR) is 67.9 cm³/mol. The fourth-order valence-corrected chi connectivity index (χ4v) is 3.08. The van der Waals surface area contributed by atoms with Crippen molar-refractivity contribution in [3.8, 4) is 0 Å². The van der Waals surface area contributed by atoms with Crippen LogP contribution in [0, 0.1) is 0 Å². The first-order chi connectivity index (χ1) is 8.43. The Morgan fingerprint density at radius 1 is 1.29 bits per heavy atom. The fourth-order valence-electron chi connectivity index (χ4n) is 3.08. The molecule has 0 aromatic carbocycles. The monoisotopic (exact) mass is 234 g/mol. The standard InChI is InChI=1S/C13H22N4/c1-2-7-17(6-1)10-12-9-15-16-13(12)11-4-3-5-14-8-11/h9,11,14H,1-8,10H2,(H,15,16)/t11-/m0/s1. The molecule has 1 atom stereocenters. The van der Waals surface area contributed by atoms with Gasteiger partial charge in [-0.1, -0.05) is 0 Å². The van der Waals surface area contributed by atoms with Gasteiger partial charge in [-0.25, -0.2) is 0 Å². The van der Waals surface area contributed by atoms with E-state index in [0.717, 1.165) is 13.1 Å². The highest BCUT2D eigenvalue weighted by Gasteiger charge is 2.21. The van der Waals surface area contributed by atoms with E-state index in [1.807, 2.05) is 6.20 Å². The van der Waals surface area contributed by atoms with Gasteiger partial charge in [0.1, 0.15) is 0 Å². The number of H-pyrrole nitrogens is 1. The third kappa shape index (κ3) is 2.53. The zero-order chi connectivity index (χ0) is 11.5. The lowest BCUT2D eigenvalue weighted by atomic mass is 9.94. The second-order valence-electron chi connectivity index (χ2n) is 5.34. The number of piperidine rings is 1. The molecule has 2 saturated heterocycles. The molecule has 0 bridgehead atoms. The van der Waals surface area contributed by atoms with E-state index in [1.54, 1.807) is 0 Å². The summed E-state index contributed by atoms with van der Waals surface area (Å²) in [5, 5.41) is 11.0. The van der Waals surface area contributed by atoms with Crippen LogP contribution in [-0.4, -0.2) is 41.3 Å². The summed E-state index contributed by atoms with van der Waals surface area (Å²) in [6.07, 6.45) is 7.33. The lowest BCUT2D eigenvalue weighted by Gasteiger charge is -2.23. The maximum Gasteiger partial charge on any atom is 0.0535 e. The van der Waals surface area contributed by atoms with Gasteiger partial charge in [0, 0.05) is 30.3 Å². The van der Waals surface area contributed by atoms with Crippen molar-refractivity contribution in [2.45, 2.75) is 38.1 Å². The van der Waals surface area contributed by atoms with E-state index in [4.69, 9.17) is 0 Å². The molecule has 2 aliphatic rings. The van der Waals surface area contributed by atoms with E-state index in [1.165, 1.54) is 56.6 Å². The first kappa shape index (κ1) is 11.2. The number of hydrogen-bond acceptors (Lipinski definition) is 3. The molecule has 4 nitrogen and oxygen atoms in total. The Kier molecular flexibility index (Phi) is 3.43. The van der Waals surface area contributed by atoms with Gasteiger partial charge in [-0.3, -0.25) is 10.00 Å². The highest BCUT2D eigenvalue weighted by molar-refractivity contribution is 5.21. The molecule has 0 saturated carbocycles. The largest absolute Gasteiger partial charge is 0.316 e. The van der Waals surface area contributed by atoms with Crippen molar-refractivity contribution < 1.29 is 0 Å². The lowest BCUT2D eigenvalue weighted by Crippen LogP contribution is -2.29. The van der Waals surface area contributed by atoms with Crippen LogP contribution in [0.25, 0.3) is 0 Å². The topological polar surface area (TPSA) is 44.0 Å². The molecule has 3 heterocycles. The van der Waals surface area contributed by atoms with Crippen LogP contribution in [0.3, 0.4) is 0 Å². The quantitative estimate of drug-likeness (QED) is 0.832. The summed E-state index contributed by atoms with van der Waals surface area (Å²) < 4.78 is 0. The molecule has 4 heteroatoms. The molecule has 0 spiro atoms. The summed E-state index contributed by atoms with van der Waals surface area (Å²) in [5.74, 6) is 0.642. The van der Waals surface area contributed by atoms with Crippen molar-refractivity contribution >= 4 is 0 Å². The van der Waals surface area contributed by atoms with E-state index in [2.05, 4.69) is 20.4 Å². The van der Waals surface area contributed by atoms with E-state index < -0.39 is 0 Å². The Morgan fingerprint density at radius 2 is 2.18 bits per heavy atom. The van der Waals surface area contributed by atoms with Crippen LogP contribution in [0.5, 0.6) is 0 Å². The van der Waals surface area contributed by atoms with Crippen molar-refractivity contribution in [2.75, 3.05) is 26.2 Å². The minimum Gasteiger partial charge on any atom is -0.316 e. The molecule has 0 radical (unpaired) electrons. The molecule has 0 unspecified atom stereocenters. The molecule has 0 amide bonds. The first-order valence-corrected chi connectivity index (χ1v) is 6.88. The van der Waals surface area contributed by atoms with Gasteiger partial charge in [0.15, 0.2) is 0 Å². The van der Waals surface area contributed by atoms with Crippen LogP contribution in [0.2, 0.25) is 0 Å². The molecule has 1 aromatic rings. The van der Waals surface area contributed by atoms with E-state index in [-0.39, 0.29) is 0 Å². The van der Waals surface area contributed by atoms with Crippen LogP contribution < -0.4 is 5.32 Å². The molecule has 17 heavy (non-hydrogen) atoms.